The summed E-state index contributed by atoms with van der Waals surface area (Å²) < 4.78 is 6.88. The zero-order valence-electron chi connectivity index (χ0n) is 13.8. The van der Waals surface area contributed by atoms with Gasteiger partial charge in [-0.15, -0.1) is 10.2 Å². The third kappa shape index (κ3) is 3.21. The lowest BCUT2D eigenvalue weighted by atomic mass is 10.1. The number of nitrogens with zero attached hydrogens (tertiary/aromatic N) is 4. The number of aromatic nitrogens is 3. The maximum absolute atomic E-state index is 9.68. The SMILES string of the molecule is COc1cc(C=C(C#N)c2nnc(-c3ccccc3)n2C)ccc1O. The molecular weight excluding hydrogens is 316 g/mol. The molecule has 0 bridgehead atoms. The zero-order valence-corrected chi connectivity index (χ0v) is 13.8. The number of methoxy groups -OCH3 is 1. The summed E-state index contributed by atoms with van der Waals surface area (Å²) in [6.07, 6.45) is 1.68. The lowest BCUT2D eigenvalue weighted by Crippen LogP contribution is -1.98. The standard InChI is InChI=1S/C19H16N4O2/c1-23-18(14-6-4-3-5-7-14)21-22-19(23)15(12-20)10-13-8-9-16(24)17(11-13)25-2/h3-11,24H,1-2H3. The first-order valence-electron chi connectivity index (χ1n) is 7.58. The van der Waals surface area contributed by atoms with E-state index in [1.807, 2.05) is 37.4 Å². The molecule has 0 unspecified atom stereocenters. The van der Waals surface area contributed by atoms with Crippen LogP contribution in [0.1, 0.15) is 11.4 Å². The molecule has 6 nitrogen and oxygen atoms in total. The second-order valence-corrected chi connectivity index (χ2v) is 5.37. The molecule has 124 valence electrons. The van der Waals surface area contributed by atoms with E-state index in [9.17, 15) is 10.4 Å². The van der Waals surface area contributed by atoms with Crippen molar-refractivity contribution in [3.63, 3.8) is 0 Å². The Morgan fingerprint density at radius 3 is 2.64 bits per heavy atom. The first-order valence-corrected chi connectivity index (χ1v) is 7.58. The topological polar surface area (TPSA) is 84.0 Å². The minimum atomic E-state index is 0.0446. The highest BCUT2D eigenvalue weighted by molar-refractivity contribution is 5.88. The van der Waals surface area contributed by atoms with Crippen molar-refractivity contribution >= 4 is 11.6 Å². The van der Waals surface area contributed by atoms with E-state index in [1.54, 1.807) is 22.8 Å². The summed E-state index contributed by atoms with van der Waals surface area (Å²) in [5.74, 6) is 1.53. The Labute approximate surface area is 145 Å². The quantitative estimate of drug-likeness (QED) is 0.741. The van der Waals surface area contributed by atoms with E-state index >= 15 is 0 Å². The maximum atomic E-state index is 9.68. The van der Waals surface area contributed by atoms with Crippen LogP contribution in [0.4, 0.5) is 0 Å². The van der Waals surface area contributed by atoms with Crippen LogP contribution in [-0.4, -0.2) is 27.0 Å². The second-order valence-electron chi connectivity index (χ2n) is 5.37. The normalized spacial score (nSPS) is 11.2. The average Bonchev–Trinajstić information content (AvgIpc) is 3.03. The van der Waals surface area contributed by atoms with Crippen LogP contribution in [0, 0.1) is 11.3 Å². The molecule has 0 spiro atoms. The lowest BCUT2D eigenvalue weighted by molar-refractivity contribution is 0.373. The predicted octanol–water partition coefficient (Wildman–Crippen LogP) is 3.26. The van der Waals surface area contributed by atoms with Gasteiger partial charge in [-0.2, -0.15) is 5.26 Å². The number of nitriles is 1. The molecular formula is C19H16N4O2. The molecule has 0 aliphatic heterocycles. The number of allylic oxidation sites excluding steroid dienone is 1. The summed E-state index contributed by atoms with van der Waals surface area (Å²) in [7, 11) is 3.29. The fourth-order valence-electron chi connectivity index (χ4n) is 2.50. The van der Waals surface area contributed by atoms with E-state index in [-0.39, 0.29) is 5.75 Å². The number of aromatic hydroxyl groups is 1. The van der Waals surface area contributed by atoms with Gasteiger partial charge in [0, 0.05) is 12.6 Å². The summed E-state index contributed by atoms with van der Waals surface area (Å²) in [4.78, 5) is 0. The first kappa shape index (κ1) is 16.3. The monoisotopic (exact) mass is 332 g/mol. The smallest absolute Gasteiger partial charge is 0.174 e. The molecule has 0 radical (unpaired) electrons. The van der Waals surface area contributed by atoms with Crippen LogP contribution in [0.2, 0.25) is 0 Å². The number of benzene rings is 2. The van der Waals surface area contributed by atoms with Crippen molar-refractivity contribution in [2.75, 3.05) is 7.11 Å². The summed E-state index contributed by atoms with van der Waals surface area (Å²) in [5, 5.41) is 27.6. The van der Waals surface area contributed by atoms with Crippen LogP contribution in [0.3, 0.4) is 0 Å². The lowest BCUT2D eigenvalue weighted by Gasteiger charge is -2.05. The van der Waals surface area contributed by atoms with Gasteiger partial charge in [-0.1, -0.05) is 36.4 Å². The van der Waals surface area contributed by atoms with Gasteiger partial charge in [0.2, 0.25) is 0 Å². The van der Waals surface area contributed by atoms with Crippen LogP contribution < -0.4 is 4.74 Å². The van der Waals surface area contributed by atoms with Crippen molar-refractivity contribution in [1.82, 2.24) is 14.8 Å². The Morgan fingerprint density at radius 1 is 1.20 bits per heavy atom. The molecule has 0 fully saturated rings. The summed E-state index contributed by atoms with van der Waals surface area (Å²) in [6.45, 7) is 0. The molecule has 3 rings (SSSR count). The van der Waals surface area contributed by atoms with Gasteiger partial charge < -0.3 is 14.4 Å². The third-order valence-electron chi connectivity index (χ3n) is 3.78. The molecule has 1 aromatic heterocycles. The van der Waals surface area contributed by atoms with Crippen LogP contribution in [0.25, 0.3) is 23.0 Å². The Hall–Kier alpha value is -3.59. The summed E-state index contributed by atoms with van der Waals surface area (Å²) >= 11 is 0. The van der Waals surface area contributed by atoms with Crippen LogP contribution in [0.5, 0.6) is 11.5 Å². The molecule has 3 aromatic rings. The predicted molar refractivity (Wildman–Crippen MR) is 94.6 cm³/mol. The number of rotatable bonds is 4. The van der Waals surface area contributed by atoms with Crippen molar-refractivity contribution in [1.29, 1.82) is 5.26 Å². The average molecular weight is 332 g/mol. The Balaban J connectivity index is 2.03. The van der Waals surface area contributed by atoms with Crippen molar-refractivity contribution in [3.8, 4) is 29.0 Å². The van der Waals surface area contributed by atoms with Crippen molar-refractivity contribution in [3.05, 3.63) is 59.9 Å². The van der Waals surface area contributed by atoms with Gasteiger partial charge in [-0.05, 0) is 23.8 Å². The molecule has 1 heterocycles. The fraction of sp³-hybridized carbons (Fsp3) is 0.105. The first-order chi connectivity index (χ1) is 12.1. The van der Waals surface area contributed by atoms with E-state index < -0.39 is 0 Å². The van der Waals surface area contributed by atoms with E-state index in [2.05, 4.69) is 16.3 Å². The van der Waals surface area contributed by atoms with Crippen molar-refractivity contribution < 1.29 is 9.84 Å². The highest BCUT2D eigenvalue weighted by atomic mass is 16.5. The molecule has 1 N–H and O–H groups in total. The molecule has 0 saturated heterocycles. The van der Waals surface area contributed by atoms with E-state index in [0.717, 1.165) is 11.1 Å². The fourth-order valence-corrected chi connectivity index (χ4v) is 2.50. The molecule has 0 atom stereocenters. The number of phenols is 1. The highest BCUT2D eigenvalue weighted by Gasteiger charge is 2.14. The number of hydrogen-bond acceptors (Lipinski definition) is 5. The van der Waals surface area contributed by atoms with Gasteiger partial charge >= 0.3 is 0 Å². The Morgan fingerprint density at radius 2 is 1.96 bits per heavy atom. The van der Waals surface area contributed by atoms with Crippen LogP contribution in [-0.2, 0) is 7.05 Å². The zero-order chi connectivity index (χ0) is 17.8. The molecule has 0 aliphatic carbocycles. The molecule has 25 heavy (non-hydrogen) atoms. The molecule has 0 aliphatic rings. The van der Waals surface area contributed by atoms with Crippen molar-refractivity contribution in [2.45, 2.75) is 0 Å². The maximum Gasteiger partial charge on any atom is 0.174 e. The molecule has 6 heteroatoms. The van der Waals surface area contributed by atoms with Gasteiger partial charge in [0.15, 0.2) is 23.1 Å². The number of phenolic OH excluding ortho intramolecular Hbond substituents is 1. The second kappa shape index (κ2) is 6.89. The minimum Gasteiger partial charge on any atom is -0.504 e. The van der Waals surface area contributed by atoms with Gasteiger partial charge in [0.05, 0.1) is 12.7 Å². The molecule has 0 saturated carbocycles. The minimum absolute atomic E-state index is 0.0446. The van der Waals surface area contributed by atoms with Gasteiger partial charge in [-0.3, -0.25) is 0 Å². The molecule has 2 aromatic carbocycles. The highest BCUT2D eigenvalue weighted by Crippen LogP contribution is 2.28. The van der Waals surface area contributed by atoms with Crippen molar-refractivity contribution in [2.24, 2.45) is 7.05 Å². The summed E-state index contributed by atoms with van der Waals surface area (Å²) in [6, 6.07) is 16.7. The Kier molecular flexibility index (Phi) is 4.48. The van der Waals surface area contributed by atoms with Crippen LogP contribution >= 0.6 is 0 Å². The van der Waals surface area contributed by atoms with Crippen LogP contribution in [0.15, 0.2) is 48.5 Å². The molecule has 0 amide bonds. The van der Waals surface area contributed by atoms with E-state index in [0.29, 0.717) is 23.0 Å². The van der Waals surface area contributed by atoms with E-state index in [1.165, 1.54) is 13.2 Å². The third-order valence-corrected chi connectivity index (χ3v) is 3.78. The van der Waals surface area contributed by atoms with E-state index in [4.69, 9.17) is 4.74 Å². The Bertz CT molecular complexity index is 969. The largest absolute Gasteiger partial charge is 0.504 e. The number of ether oxygens (including phenoxy) is 1. The summed E-state index contributed by atoms with van der Waals surface area (Å²) in [5.41, 5.74) is 2.01. The number of hydrogen-bond donors (Lipinski definition) is 1. The van der Waals surface area contributed by atoms with Gasteiger partial charge in [0.25, 0.3) is 0 Å². The van der Waals surface area contributed by atoms with Gasteiger partial charge in [0.1, 0.15) is 6.07 Å². The van der Waals surface area contributed by atoms with Gasteiger partial charge in [-0.25, -0.2) is 0 Å².